The number of benzene rings is 1. The van der Waals surface area contributed by atoms with Crippen molar-refractivity contribution in [1.82, 2.24) is 9.55 Å². The minimum Gasteiger partial charge on any atom is -0.477 e. The molecule has 3 aromatic rings. The molecular weight excluding hydrogens is 413 g/mol. The monoisotopic (exact) mass is 437 g/mol. The smallest absolute Gasteiger partial charge is 0.341 e. The van der Waals surface area contributed by atoms with Crippen molar-refractivity contribution in [3.63, 3.8) is 0 Å². The third-order valence-corrected chi connectivity index (χ3v) is 6.39. The SMILES string of the molecule is NCc1cccc([C@@H]2CN(c3nc4c(cc3F)c(=O)c(C(=O)O)cn4C3CC3)C[C@H]2N)c1. The van der Waals surface area contributed by atoms with Crippen molar-refractivity contribution in [2.45, 2.75) is 37.4 Å². The molecule has 0 unspecified atom stereocenters. The second kappa shape index (κ2) is 7.68. The van der Waals surface area contributed by atoms with Crippen LogP contribution >= 0.6 is 0 Å². The van der Waals surface area contributed by atoms with E-state index in [-0.39, 0.29) is 34.8 Å². The van der Waals surface area contributed by atoms with Gasteiger partial charge in [0.25, 0.3) is 0 Å². The Bertz CT molecular complexity index is 1290. The van der Waals surface area contributed by atoms with E-state index in [0.29, 0.717) is 25.3 Å². The molecule has 1 aliphatic heterocycles. The van der Waals surface area contributed by atoms with E-state index in [1.54, 1.807) is 9.47 Å². The standard InChI is InChI=1S/C23H24FN5O3/c24-18-7-15-20(30)17(23(31)32)10-29(14-4-5-14)21(15)27-22(18)28-9-16(19(26)11-28)13-3-1-2-12(6-13)8-25/h1-3,6-7,10,14,16,19H,4-5,8-9,11,25-26H2,(H,31,32)/t16-,19+/m0/s1. The van der Waals surface area contributed by atoms with Crippen LogP contribution in [-0.2, 0) is 6.54 Å². The number of halogens is 1. The summed E-state index contributed by atoms with van der Waals surface area (Å²) in [4.78, 5) is 30.5. The van der Waals surface area contributed by atoms with Gasteiger partial charge in [0.15, 0.2) is 11.6 Å². The second-order valence-electron chi connectivity index (χ2n) is 8.60. The van der Waals surface area contributed by atoms with Crippen molar-refractivity contribution in [2.24, 2.45) is 11.5 Å². The van der Waals surface area contributed by atoms with Crippen LogP contribution in [0.1, 0.15) is 46.3 Å². The highest BCUT2D eigenvalue weighted by molar-refractivity contribution is 5.92. The van der Waals surface area contributed by atoms with Gasteiger partial charge in [0.2, 0.25) is 5.43 Å². The maximum Gasteiger partial charge on any atom is 0.341 e. The lowest BCUT2D eigenvalue weighted by Gasteiger charge is -2.20. The maximum atomic E-state index is 15.2. The first kappa shape index (κ1) is 20.6. The number of rotatable bonds is 5. The third-order valence-electron chi connectivity index (χ3n) is 6.39. The Balaban J connectivity index is 1.57. The number of carboxylic acid groups (broad SMARTS) is 1. The quantitative estimate of drug-likeness (QED) is 0.557. The van der Waals surface area contributed by atoms with Gasteiger partial charge in [-0.05, 0) is 30.0 Å². The predicted molar refractivity (Wildman–Crippen MR) is 118 cm³/mol. The van der Waals surface area contributed by atoms with Crippen molar-refractivity contribution in [3.05, 3.63) is 69.3 Å². The molecule has 1 aliphatic carbocycles. The Morgan fingerprint density at radius 2 is 2.03 bits per heavy atom. The molecule has 0 spiro atoms. The number of aromatic carboxylic acids is 1. The van der Waals surface area contributed by atoms with Crippen LogP contribution in [0.3, 0.4) is 0 Å². The van der Waals surface area contributed by atoms with Crippen LogP contribution in [-0.4, -0.2) is 39.8 Å². The second-order valence-corrected chi connectivity index (χ2v) is 8.60. The minimum atomic E-state index is -1.33. The van der Waals surface area contributed by atoms with Crippen LogP contribution in [0.2, 0.25) is 0 Å². The van der Waals surface area contributed by atoms with Crippen molar-refractivity contribution in [1.29, 1.82) is 0 Å². The van der Waals surface area contributed by atoms with Crippen LogP contribution in [0, 0.1) is 5.82 Å². The summed E-state index contributed by atoms with van der Waals surface area (Å²) in [5.41, 5.74) is 13.4. The number of carboxylic acids is 1. The maximum absolute atomic E-state index is 15.2. The van der Waals surface area contributed by atoms with E-state index in [4.69, 9.17) is 11.5 Å². The summed E-state index contributed by atoms with van der Waals surface area (Å²) < 4.78 is 16.8. The number of pyridine rings is 2. The highest BCUT2D eigenvalue weighted by atomic mass is 19.1. The molecule has 2 fully saturated rings. The largest absolute Gasteiger partial charge is 0.477 e. The van der Waals surface area contributed by atoms with Gasteiger partial charge in [-0.3, -0.25) is 4.79 Å². The number of hydrogen-bond acceptors (Lipinski definition) is 6. The van der Waals surface area contributed by atoms with Gasteiger partial charge in [-0.15, -0.1) is 0 Å². The summed E-state index contributed by atoms with van der Waals surface area (Å²) in [5.74, 6) is -1.88. The average Bonchev–Trinajstić information content (AvgIpc) is 3.55. The number of fused-ring (bicyclic) bond motifs is 1. The molecule has 32 heavy (non-hydrogen) atoms. The van der Waals surface area contributed by atoms with Crippen molar-refractivity contribution in [2.75, 3.05) is 18.0 Å². The van der Waals surface area contributed by atoms with Crippen LogP contribution in [0.4, 0.5) is 10.2 Å². The molecule has 5 rings (SSSR count). The predicted octanol–water partition coefficient (Wildman–Crippen LogP) is 1.96. The topological polar surface area (TPSA) is 127 Å². The molecule has 2 atom stereocenters. The lowest BCUT2D eigenvalue weighted by atomic mass is 9.93. The van der Waals surface area contributed by atoms with E-state index in [1.807, 2.05) is 24.3 Å². The van der Waals surface area contributed by atoms with Gasteiger partial charge in [-0.1, -0.05) is 24.3 Å². The molecule has 3 heterocycles. The molecule has 2 aliphatic rings. The molecule has 0 radical (unpaired) electrons. The van der Waals surface area contributed by atoms with Gasteiger partial charge >= 0.3 is 5.97 Å². The van der Waals surface area contributed by atoms with Crippen LogP contribution in [0.25, 0.3) is 11.0 Å². The van der Waals surface area contributed by atoms with Gasteiger partial charge in [-0.25, -0.2) is 14.2 Å². The fraction of sp³-hybridized carbons (Fsp3) is 0.348. The number of hydrogen-bond donors (Lipinski definition) is 3. The molecule has 1 aromatic carbocycles. The normalized spacial score (nSPS) is 20.8. The molecule has 1 saturated heterocycles. The van der Waals surface area contributed by atoms with Gasteiger partial charge in [0, 0.05) is 43.8 Å². The van der Waals surface area contributed by atoms with Gasteiger partial charge in [0.1, 0.15) is 11.2 Å². The fourth-order valence-electron chi connectivity index (χ4n) is 4.55. The molecule has 9 heteroatoms. The molecule has 166 valence electrons. The van der Waals surface area contributed by atoms with Gasteiger partial charge < -0.3 is 26.0 Å². The first-order chi connectivity index (χ1) is 15.4. The lowest BCUT2D eigenvalue weighted by molar-refractivity contribution is 0.0695. The van der Waals surface area contributed by atoms with E-state index < -0.39 is 17.2 Å². The molecular formula is C23H24FN5O3. The summed E-state index contributed by atoms with van der Waals surface area (Å²) >= 11 is 0. The Morgan fingerprint density at radius 3 is 2.72 bits per heavy atom. The molecule has 8 nitrogen and oxygen atoms in total. The van der Waals surface area contributed by atoms with Crippen LogP contribution in [0.15, 0.2) is 41.3 Å². The van der Waals surface area contributed by atoms with Gasteiger partial charge in [0.05, 0.1) is 5.39 Å². The Labute approximate surface area is 183 Å². The molecule has 2 aromatic heterocycles. The lowest BCUT2D eigenvalue weighted by Crippen LogP contribution is -2.29. The summed E-state index contributed by atoms with van der Waals surface area (Å²) in [6.07, 6.45) is 3.05. The molecule has 1 saturated carbocycles. The van der Waals surface area contributed by atoms with E-state index in [2.05, 4.69) is 4.98 Å². The summed E-state index contributed by atoms with van der Waals surface area (Å²) in [5, 5.41) is 9.38. The summed E-state index contributed by atoms with van der Waals surface area (Å²) in [7, 11) is 0. The first-order valence-corrected chi connectivity index (χ1v) is 10.7. The Hall–Kier alpha value is -3.30. The zero-order chi connectivity index (χ0) is 22.6. The highest BCUT2D eigenvalue weighted by Crippen LogP contribution is 2.38. The van der Waals surface area contributed by atoms with E-state index in [1.165, 1.54) is 6.20 Å². The fourth-order valence-corrected chi connectivity index (χ4v) is 4.55. The third kappa shape index (κ3) is 3.43. The molecule has 5 N–H and O–H groups in total. The number of carbonyl (C=O) groups is 1. The Morgan fingerprint density at radius 1 is 1.25 bits per heavy atom. The first-order valence-electron chi connectivity index (χ1n) is 10.7. The van der Waals surface area contributed by atoms with E-state index >= 15 is 4.39 Å². The molecule has 0 bridgehead atoms. The highest BCUT2D eigenvalue weighted by Gasteiger charge is 2.34. The van der Waals surface area contributed by atoms with Crippen molar-refractivity contribution in [3.8, 4) is 0 Å². The summed E-state index contributed by atoms with van der Waals surface area (Å²) in [6.45, 7) is 1.32. The number of aromatic nitrogens is 2. The zero-order valence-corrected chi connectivity index (χ0v) is 17.4. The van der Waals surface area contributed by atoms with Crippen LogP contribution in [0.5, 0.6) is 0 Å². The minimum absolute atomic E-state index is 0.0154. The number of nitrogens with two attached hydrogens (primary N) is 2. The van der Waals surface area contributed by atoms with Crippen LogP contribution < -0.4 is 21.8 Å². The molecule has 0 amide bonds. The van der Waals surface area contributed by atoms with Crippen molar-refractivity contribution < 1.29 is 14.3 Å². The van der Waals surface area contributed by atoms with Gasteiger partial charge in [-0.2, -0.15) is 0 Å². The number of nitrogens with zero attached hydrogens (tertiary/aromatic N) is 3. The van der Waals surface area contributed by atoms with E-state index in [9.17, 15) is 14.7 Å². The Kier molecular flexibility index (Phi) is 4.94. The summed E-state index contributed by atoms with van der Waals surface area (Å²) in [6, 6.07) is 8.87. The number of anilines is 1. The van der Waals surface area contributed by atoms with E-state index in [0.717, 1.165) is 30.0 Å². The van der Waals surface area contributed by atoms with Crippen molar-refractivity contribution >= 4 is 22.8 Å². The zero-order valence-electron chi connectivity index (χ0n) is 17.4. The average molecular weight is 437 g/mol.